The number of pyridine rings is 2. The van der Waals surface area contributed by atoms with Crippen LogP contribution in [-0.2, 0) is 19.2 Å². The third kappa shape index (κ3) is 7.83. The largest absolute Gasteiger partial charge is 0.422 e. The van der Waals surface area contributed by atoms with Gasteiger partial charge in [0.25, 0.3) is 11.5 Å². The topological polar surface area (TPSA) is 234 Å². The molecule has 0 unspecified atom stereocenters. The molecule has 0 aliphatic rings. The summed E-state index contributed by atoms with van der Waals surface area (Å²) in [6, 6.07) is 9.75. The van der Waals surface area contributed by atoms with Crippen molar-refractivity contribution in [3.63, 3.8) is 0 Å². The molecular formula is C31H22N4O13. The molecule has 4 aromatic rings. The number of aromatic nitrogens is 2. The minimum Gasteiger partial charge on any atom is -0.422 e. The monoisotopic (exact) mass is 658 g/mol. The molecule has 0 amide bonds. The van der Waals surface area contributed by atoms with Gasteiger partial charge in [0, 0.05) is 74.5 Å². The molecule has 2 heterocycles. The molecule has 0 bridgehead atoms. The molecule has 17 nitrogen and oxygen atoms in total. The first-order valence-corrected chi connectivity index (χ1v) is 13.5. The first kappa shape index (κ1) is 34.0. The second-order valence-corrected chi connectivity index (χ2v) is 9.72. The Hall–Kier alpha value is -6.91. The number of carbonyl (C=O) groups is 5. The molecule has 0 saturated carbocycles. The highest BCUT2D eigenvalue weighted by Gasteiger charge is 2.28. The molecule has 0 aliphatic carbocycles. The van der Waals surface area contributed by atoms with Gasteiger partial charge in [0.2, 0.25) is 0 Å². The van der Waals surface area contributed by atoms with E-state index in [4.69, 9.17) is 18.9 Å². The normalized spacial score (nSPS) is 10.4. The van der Waals surface area contributed by atoms with E-state index in [1.165, 1.54) is 48.8 Å². The van der Waals surface area contributed by atoms with Gasteiger partial charge in [0.15, 0.2) is 17.3 Å². The fraction of sp³-hybridized carbons (Fsp3) is 0.129. The zero-order valence-electron chi connectivity index (χ0n) is 25.4. The van der Waals surface area contributed by atoms with Crippen LogP contribution in [0, 0.1) is 20.2 Å². The molecule has 17 heteroatoms. The third-order valence-corrected chi connectivity index (χ3v) is 6.10. The number of ketones is 1. The average Bonchev–Trinajstić information content (AvgIpc) is 3.01. The second-order valence-electron chi connectivity index (χ2n) is 9.72. The highest BCUT2D eigenvalue weighted by Crippen LogP contribution is 2.43. The summed E-state index contributed by atoms with van der Waals surface area (Å²) in [7, 11) is 0. The van der Waals surface area contributed by atoms with Gasteiger partial charge < -0.3 is 18.9 Å². The molecule has 0 N–H and O–H groups in total. The number of ether oxygens (including phenoxy) is 4. The summed E-state index contributed by atoms with van der Waals surface area (Å²) in [5.41, 5.74) is -1.15. The Morgan fingerprint density at radius 1 is 0.562 bits per heavy atom. The molecule has 0 atom stereocenters. The summed E-state index contributed by atoms with van der Waals surface area (Å²) in [6.07, 6.45) is 2.51. The van der Waals surface area contributed by atoms with E-state index >= 15 is 0 Å². The Labute approximate surface area is 269 Å². The molecule has 0 fully saturated rings. The Morgan fingerprint density at radius 3 is 1.23 bits per heavy atom. The van der Waals surface area contributed by atoms with Crippen LogP contribution in [-0.4, -0.2) is 49.5 Å². The van der Waals surface area contributed by atoms with Gasteiger partial charge in [-0.15, -0.1) is 0 Å². The number of nitro benzene ring substituents is 2. The molecule has 0 aliphatic heterocycles. The molecular weight excluding hydrogens is 636 g/mol. The van der Waals surface area contributed by atoms with Gasteiger partial charge in [-0.25, -0.2) is 0 Å². The Morgan fingerprint density at radius 2 is 0.917 bits per heavy atom. The molecule has 2 aromatic heterocycles. The van der Waals surface area contributed by atoms with E-state index < -0.39 is 73.9 Å². The van der Waals surface area contributed by atoms with Gasteiger partial charge in [-0.1, -0.05) is 0 Å². The number of hydrogen-bond donors (Lipinski definition) is 0. The lowest BCUT2D eigenvalue weighted by Gasteiger charge is -2.12. The van der Waals surface area contributed by atoms with E-state index in [2.05, 4.69) is 9.97 Å². The summed E-state index contributed by atoms with van der Waals surface area (Å²) >= 11 is 0. The smallest absolute Gasteiger partial charge is 0.316 e. The highest BCUT2D eigenvalue weighted by atomic mass is 16.6. The van der Waals surface area contributed by atoms with Gasteiger partial charge in [-0.2, -0.15) is 0 Å². The maximum absolute atomic E-state index is 13.6. The molecule has 244 valence electrons. The zero-order chi connectivity index (χ0) is 35.3. The molecule has 48 heavy (non-hydrogen) atoms. The van der Waals surface area contributed by atoms with Crippen molar-refractivity contribution < 1.29 is 52.8 Å². The van der Waals surface area contributed by atoms with Crippen molar-refractivity contribution in [1.29, 1.82) is 0 Å². The third-order valence-electron chi connectivity index (χ3n) is 6.10. The fourth-order valence-corrected chi connectivity index (χ4v) is 4.32. The molecule has 0 saturated heterocycles. The van der Waals surface area contributed by atoms with Crippen molar-refractivity contribution in [3.05, 3.63) is 92.3 Å². The van der Waals surface area contributed by atoms with Gasteiger partial charge in [0.05, 0.1) is 21.2 Å². The van der Waals surface area contributed by atoms with Gasteiger partial charge >= 0.3 is 35.3 Å². The summed E-state index contributed by atoms with van der Waals surface area (Å²) in [6.45, 7) is 4.10. The van der Waals surface area contributed by atoms with E-state index in [-0.39, 0.29) is 33.6 Å². The van der Waals surface area contributed by atoms with Crippen LogP contribution in [0.1, 0.15) is 43.6 Å². The van der Waals surface area contributed by atoms with Crippen molar-refractivity contribution >= 4 is 41.0 Å². The predicted octanol–water partition coefficient (Wildman–Crippen LogP) is 4.56. The number of hydrogen-bond acceptors (Lipinski definition) is 15. The lowest BCUT2D eigenvalue weighted by molar-refractivity contribution is -0.385. The van der Waals surface area contributed by atoms with Crippen LogP contribution in [0.25, 0.3) is 22.5 Å². The summed E-state index contributed by atoms with van der Waals surface area (Å²) < 4.78 is 20.0. The summed E-state index contributed by atoms with van der Waals surface area (Å²) in [5, 5.41) is 23.7. The quantitative estimate of drug-likeness (QED) is 0.0746. The van der Waals surface area contributed by atoms with E-state index in [0.29, 0.717) is 0 Å². The van der Waals surface area contributed by atoms with E-state index in [9.17, 15) is 44.2 Å². The van der Waals surface area contributed by atoms with Crippen LogP contribution in [0.4, 0.5) is 11.4 Å². The Kier molecular flexibility index (Phi) is 9.93. The maximum Gasteiger partial charge on any atom is 0.316 e. The van der Waals surface area contributed by atoms with E-state index in [1.807, 2.05) is 0 Å². The molecule has 4 rings (SSSR count). The van der Waals surface area contributed by atoms with E-state index in [0.717, 1.165) is 39.8 Å². The fourth-order valence-electron chi connectivity index (χ4n) is 4.32. The first-order chi connectivity index (χ1) is 22.6. The van der Waals surface area contributed by atoms with Crippen LogP contribution in [0.15, 0.2) is 60.9 Å². The van der Waals surface area contributed by atoms with Crippen LogP contribution in [0.3, 0.4) is 0 Å². The van der Waals surface area contributed by atoms with Gasteiger partial charge in [-0.05, 0) is 36.4 Å². The van der Waals surface area contributed by atoms with Crippen LogP contribution < -0.4 is 18.9 Å². The Balaban J connectivity index is 1.79. The number of esters is 4. The molecule has 0 spiro atoms. The van der Waals surface area contributed by atoms with Crippen molar-refractivity contribution in [2.75, 3.05) is 0 Å². The van der Waals surface area contributed by atoms with Crippen molar-refractivity contribution in [1.82, 2.24) is 9.97 Å². The minimum absolute atomic E-state index is 0.0390. The SMILES string of the molecule is CC(=O)Oc1cc(-c2cc(C(=O)c3ccnc(-c4cc(OC(C)=O)c(OC(C)=O)c([N+](=O)[O-])c4)c3)ccn2)cc([N+](=O)[O-])c1OC(C)=O. The standard InChI is InChI=1S/C31H22N4O13/c1-15(36)45-27-13-21(11-25(34(41)42)30(27)47-17(3)38)23-9-19(5-7-32-23)29(40)20-6-8-33-24(10-20)22-12-26(35(43)44)31(48-18(4)39)28(14-22)46-16(2)37/h5-14H,1-4H3. The summed E-state index contributed by atoms with van der Waals surface area (Å²) in [4.78, 5) is 90.6. The lowest BCUT2D eigenvalue weighted by Crippen LogP contribution is -2.09. The van der Waals surface area contributed by atoms with Crippen molar-refractivity contribution in [3.8, 4) is 45.5 Å². The zero-order valence-corrected chi connectivity index (χ0v) is 25.4. The van der Waals surface area contributed by atoms with Gasteiger partial charge in [0.1, 0.15) is 0 Å². The van der Waals surface area contributed by atoms with Crippen molar-refractivity contribution in [2.24, 2.45) is 0 Å². The predicted molar refractivity (Wildman–Crippen MR) is 161 cm³/mol. The van der Waals surface area contributed by atoms with Crippen LogP contribution in [0.2, 0.25) is 0 Å². The van der Waals surface area contributed by atoms with E-state index in [1.54, 1.807) is 0 Å². The molecule has 0 radical (unpaired) electrons. The number of nitro groups is 2. The van der Waals surface area contributed by atoms with Crippen LogP contribution in [0.5, 0.6) is 23.0 Å². The van der Waals surface area contributed by atoms with Crippen molar-refractivity contribution in [2.45, 2.75) is 27.7 Å². The second kappa shape index (κ2) is 14.0. The number of carbonyl (C=O) groups excluding carboxylic acids is 5. The van der Waals surface area contributed by atoms with Gasteiger partial charge in [-0.3, -0.25) is 54.2 Å². The highest BCUT2D eigenvalue weighted by molar-refractivity contribution is 6.09. The lowest BCUT2D eigenvalue weighted by atomic mass is 10.00. The number of nitrogens with zero attached hydrogens (tertiary/aromatic N) is 4. The average molecular weight is 659 g/mol. The molecule has 2 aromatic carbocycles. The number of rotatable bonds is 10. The summed E-state index contributed by atoms with van der Waals surface area (Å²) in [5.74, 6) is -6.15. The maximum atomic E-state index is 13.6. The Bertz CT molecular complexity index is 1900. The first-order valence-electron chi connectivity index (χ1n) is 13.5. The minimum atomic E-state index is -0.903. The number of benzene rings is 2. The van der Waals surface area contributed by atoms with Crippen LogP contribution >= 0.6 is 0 Å².